The van der Waals surface area contributed by atoms with Crippen molar-refractivity contribution in [3.05, 3.63) is 59.4 Å². The minimum absolute atomic E-state index is 0. The Morgan fingerprint density at radius 2 is 1.76 bits per heavy atom. The molecule has 3 aromatic heterocycles. The van der Waals surface area contributed by atoms with Gasteiger partial charge in [0, 0.05) is 46.6 Å². The van der Waals surface area contributed by atoms with E-state index in [-0.39, 0.29) is 42.2 Å². The molecule has 4 heterocycles. The van der Waals surface area contributed by atoms with Crippen molar-refractivity contribution < 1.29 is 4.39 Å². The molecule has 1 aromatic carbocycles. The number of nitrogens with one attached hydrogen (secondary N) is 2. The summed E-state index contributed by atoms with van der Waals surface area (Å²) in [6.45, 7) is 1.98. The van der Waals surface area contributed by atoms with E-state index < -0.39 is 5.82 Å². The van der Waals surface area contributed by atoms with Gasteiger partial charge in [-0.15, -0.1) is 37.2 Å². The van der Waals surface area contributed by atoms with Gasteiger partial charge in [-0.2, -0.15) is 5.10 Å². The number of fused-ring (bicyclic) bond motifs is 1. The zero-order chi connectivity index (χ0) is 20.7. The van der Waals surface area contributed by atoms with Gasteiger partial charge in [0.1, 0.15) is 11.6 Å². The Morgan fingerprint density at radius 1 is 1.00 bits per heavy atom. The second-order valence-corrected chi connectivity index (χ2v) is 7.90. The number of aromatic nitrogens is 4. The van der Waals surface area contributed by atoms with Crippen molar-refractivity contribution >= 4 is 65.4 Å². The fourth-order valence-electron chi connectivity index (χ4n) is 4.07. The molecule has 5 rings (SSSR count). The maximum absolute atomic E-state index is 13.7. The van der Waals surface area contributed by atoms with E-state index in [1.807, 2.05) is 18.3 Å². The number of H-pyrrole nitrogens is 1. The molecule has 0 saturated carbocycles. The number of pyridine rings is 2. The van der Waals surface area contributed by atoms with Crippen LogP contribution < -0.4 is 11.1 Å². The molecule has 0 amide bonds. The predicted octanol–water partition coefficient (Wildman–Crippen LogP) is 5.79. The van der Waals surface area contributed by atoms with Gasteiger partial charge in [-0.25, -0.2) is 9.37 Å². The number of nitrogens with zero attached hydrogens (tertiary/aromatic N) is 3. The Morgan fingerprint density at radius 3 is 2.52 bits per heavy atom. The molecule has 4 N–H and O–H groups in total. The molecule has 33 heavy (non-hydrogen) atoms. The Hall–Kier alpha value is -2.16. The van der Waals surface area contributed by atoms with E-state index in [1.165, 1.54) is 6.07 Å². The summed E-state index contributed by atoms with van der Waals surface area (Å²) < 4.78 is 13.7. The number of halogens is 5. The molecule has 1 aliphatic rings. The molecule has 0 atom stereocenters. The standard InChI is InChI=1S/C22H20ClFN6.3ClH/c23-20-16-10-27-19(8-13(16)1-2-18(20)24)15-7-14(9-28-22(15)25)17-11-29-30-21(17)12-3-5-26-6-4-12;;;/h1-2,7-12,26H,3-6H2,(H2,25,28)(H,29,30);3*1H. The van der Waals surface area contributed by atoms with Gasteiger partial charge in [-0.3, -0.25) is 10.1 Å². The van der Waals surface area contributed by atoms with Crippen LogP contribution in [-0.2, 0) is 0 Å². The van der Waals surface area contributed by atoms with Crippen molar-refractivity contribution in [2.45, 2.75) is 18.8 Å². The van der Waals surface area contributed by atoms with Crippen molar-refractivity contribution in [1.82, 2.24) is 25.5 Å². The van der Waals surface area contributed by atoms with Gasteiger partial charge in [-0.1, -0.05) is 17.7 Å². The first kappa shape index (κ1) is 27.1. The SMILES string of the molecule is Cl.Cl.Cl.Nc1ncc(-c2c[nH]nc2C2CCNCC2)cc1-c1cc2ccc(F)c(Cl)c2cn1. The minimum atomic E-state index is -0.465. The highest BCUT2D eigenvalue weighted by molar-refractivity contribution is 6.35. The van der Waals surface area contributed by atoms with Crippen LogP contribution in [0, 0.1) is 5.82 Å². The summed E-state index contributed by atoms with van der Waals surface area (Å²) in [4.78, 5) is 8.88. The molecule has 1 aliphatic heterocycles. The molecule has 0 aliphatic carbocycles. The molecule has 0 bridgehead atoms. The smallest absolute Gasteiger partial charge is 0.142 e. The van der Waals surface area contributed by atoms with Crippen LogP contribution in [0.3, 0.4) is 0 Å². The third kappa shape index (κ3) is 5.18. The lowest BCUT2D eigenvalue weighted by Crippen LogP contribution is -2.27. The Labute approximate surface area is 214 Å². The molecule has 1 saturated heterocycles. The second kappa shape index (κ2) is 11.3. The fourth-order valence-corrected chi connectivity index (χ4v) is 4.29. The van der Waals surface area contributed by atoms with Crippen molar-refractivity contribution in [3.8, 4) is 22.4 Å². The zero-order valence-corrected chi connectivity index (χ0v) is 20.6. The minimum Gasteiger partial charge on any atom is -0.383 e. The van der Waals surface area contributed by atoms with Crippen LogP contribution in [0.2, 0.25) is 5.02 Å². The summed E-state index contributed by atoms with van der Waals surface area (Å²) in [6.07, 6.45) is 7.35. The van der Waals surface area contributed by atoms with Crippen molar-refractivity contribution in [1.29, 1.82) is 0 Å². The van der Waals surface area contributed by atoms with E-state index in [2.05, 4.69) is 25.5 Å². The van der Waals surface area contributed by atoms with E-state index in [1.54, 1.807) is 18.5 Å². The second-order valence-electron chi connectivity index (χ2n) is 7.52. The number of hydrogen-bond acceptors (Lipinski definition) is 5. The van der Waals surface area contributed by atoms with E-state index in [0.717, 1.165) is 48.1 Å². The Balaban J connectivity index is 0.00000128. The third-order valence-corrected chi connectivity index (χ3v) is 6.08. The molecule has 176 valence electrons. The maximum atomic E-state index is 13.7. The van der Waals surface area contributed by atoms with Crippen molar-refractivity contribution in [2.75, 3.05) is 18.8 Å². The summed E-state index contributed by atoms with van der Waals surface area (Å²) in [7, 11) is 0. The number of nitrogen functional groups attached to an aromatic ring is 1. The highest BCUT2D eigenvalue weighted by atomic mass is 35.5. The van der Waals surface area contributed by atoms with Gasteiger partial charge in [0.2, 0.25) is 0 Å². The quantitative estimate of drug-likeness (QED) is 0.311. The monoisotopic (exact) mass is 530 g/mol. The van der Waals surface area contributed by atoms with E-state index in [9.17, 15) is 4.39 Å². The molecule has 0 radical (unpaired) electrons. The number of hydrogen-bond donors (Lipinski definition) is 3. The molecule has 4 aromatic rings. The lowest BCUT2D eigenvalue weighted by molar-refractivity contribution is 0.453. The third-order valence-electron chi connectivity index (χ3n) is 5.69. The van der Waals surface area contributed by atoms with E-state index in [0.29, 0.717) is 28.4 Å². The first-order valence-corrected chi connectivity index (χ1v) is 10.2. The Bertz CT molecular complexity index is 1240. The average molecular weight is 532 g/mol. The summed E-state index contributed by atoms with van der Waals surface area (Å²) in [5.74, 6) is 0.322. The number of benzene rings is 1. The number of aromatic amines is 1. The van der Waals surface area contributed by atoms with Crippen LogP contribution in [0.25, 0.3) is 33.2 Å². The van der Waals surface area contributed by atoms with Crippen LogP contribution in [0.5, 0.6) is 0 Å². The highest BCUT2D eigenvalue weighted by Gasteiger charge is 2.22. The fraction of sp³-hybridized carbons (Fsp3) is 0.227. The van der Waals surface area contributed by atoms with Crippen LogP contribution in [-0.4, -0.2) is 33.3 Å². The lowest BCUT2D eigenvalue weighted by atomic mass is 9.90. The van der Waals surface area contributed by atoms with Crippen LogP contribution in [0.15, 0.2) is 42.9 Å². The van der Waals surface area contributed by atoms with Gasteiger partial charge >= 0.3 is 0 Å². The first-order chi connectivity index (χ1) is 14.6. The molecule has 0 spiro atoms. The number of rotatable bonds is 3. The normalized spacial score (nSPS) is 13.6. The molecule has 1 fully saturated rings. The summed E-state index contributed by atoms with van der Waals surface area (Å²) in [5, 5.41) is 12.3. The maximum Gasteiger partial charge on any atom is 0.142 e. The largest absolute Gasteiger partial charge is 0.383 e. The van der Waals surface area contributed by atoms with Gasteiger partial charge in [0.25, 0.3) is 0 Å². The van der Waals surface area contributed by atoms with E-state index in [4.69, 9.17) is 17.3 Å². The lowest BCUT2D eigenvalue weighted by Gasteiger charge is -2.22. The number of nitrogens with two attached hydrogens (primary N) is 1. The molecular weight excluding hydrogens is 509 g/mol. The molecular formula is C22H23Cl4FN6. The van der Waals surface area contributed by atoms with Gasteiger partial charge < -0.3 is 11.1 Å². The van der Waals surface area contributed by atoms with Crippen LogP contribution >= 0.6 is 48.8 Å². The van der Waals surface area contributed by atoms with Gasteiger partial charge in [0.15, 0.2) is 0 Å². The highest BCUT2D eigenvalue weighted by Crippen LogP contribution is 2.36. The molecule has 11 heteroatoms. The number of anilines is 1. The molecule has 0 unspecified atom stereocenters. The first-order valence-electron chi connectivity index (χ1n) is 9.86. The molecule has 6 nitrogen and oxygen atoms in total. The van der Waals surface area contributed by atoms with Gasteiger partial charge in [-0.05, 0) is 49.5 Å². The summed E-state index contributed by atoms with van der Waals surface area (Å²) in [6, 6.07) is 6.86. The average Bonchev–Trinajstić information content (AvgIpc) is 3.27. The van der Waals surface area contributed by atoms with E-state index >= 15 is 0 Å². The van der Waals surface area contributed by atoms with Crippen molar-refractivity contribution in [2.24, 2.45) is 0 Å². The Kier molecular flexibility index (Phi) is 9.29. The van der Waals surface area contributed by atoms with Crippen LogP contribution in [0.4, 0.5) is 10.2 Å². The predicted molar refractivity (Wildman–Crippen MR) is 139 cm³/mol. The zero-order valence-electron chi connectivity index (χ0n) is 17.3. The van der Waals surface area contributed by atoms with Crippen molar-refractivity contribution in [3.63, 3.8) is 0 Å². The van der Waals surface area contributed by atoms with Crippen LogP contribution in [0.1, 0.15) is 24.5 Å². The topological polar surface area (TPSA) is 92.5 Å². The summed E-state index contributed by atoms with van der Waals surface area (Å²) in [5.41, 5.74) is 10.6. The van der Waals surface area contributed by atoms with Gasteiger partial charge in [0.05, 0.1) is 16.4 Å². The number of piperidine rings is 1. The summed E-state index contributed by atoms with van der Waals surface area (Å²) >= 11 is 6.07.